The van der Waals surface area contributed by atoms with E-state index in [1.54, 1.807) is 6.08 Å². The lowest BCUT2D eigenvalue weighted by atomic mass is 9.87. The Morgan fingerprint density at radius 1 is 1.22 bits per heavy atom. The third kappa shape index (κ3) is 5.48. The number of hydrogen-bond donors (Lipinski definition) is 0. The molecule has 0 aromatic heterocycles. The van der Waals surface area contributed by atoms with Crippen LogP contribution in [0.3, 0.4) is 0 Å². The minimum atomic E-state index is -0.339. The minimum absolute atomic E-state index is 0. The summed E-state index contributed by atoms with van der Waals surface area (Å²) in [5.74, 6) is 0.162. The molecular weight excluding hydrogens is 246 g/mol. The predicted molar refractivity (Wildman–Crippen MR) is 80.1 cm³/mol. The lowest BCUT2D eigenvalue weighted by Gasteiger charge is -2.25. The van der Waals surface area contributed by atoms with E-state index in [1.807, 2.05) is 69.3 Å². The summed E-state index contributed by atoms with van der Waals surface area (Å²) < 4.78 is 0. The van der Waals surface area contributed by atoms with Gasteiger partial charge in [0.2, 0.25) is 0 Å². The smallest absolute Gasteiger partial charge is 0.162 e. The summed E-state index contributed by atoms with van der Waals surface area (Å²) in [5, 5.41) is 0. The molecule has 0 N–H and O–H groups in total. The second-order valence-corrected chi connectivity index (χ2v) is 5.23. The lowest BCUT2D eigenvalue weighted by molar-refractivity contribution is -0.122. The Morgan fingerprint density at radius 2 is 1.78 bits per heavy atom. The van der Waals surface area contributed by atoms with Crippen molar-refractivity contribution in [2.75, 3.05) is 20.6 Å². The fraction of sp³-hybridized carbons (Fsp3) is 0.400. The lowest BCUT2D eigenvalue weighted by Crippen LogP contribution is -2.34. The number of halogens is 1. The van der Waals surface area contributed by atoms with Crippen LogP contribution in [0.4, 0.5) is 0 Å². The van der Waals surface area contributed by atoms with Gasteiger partial charge in [0.25, 0.3) is 0 Å². The van der Waals surface area contributed by atoms with E-state index in [9.17, 15) is 4.79 Å². The van der Waals surface area contributed by atoms with Crippen LogP contribution in [-0.4, -0.2) is 31.3 Å². The van der Waals surface area contributed by atoms with Gasteiger partial charge >= 0.3 is 0 Å². The van der Waals surface area contributed by atoms with Gasteiger partial charge in [0.15, 0.2) is 5.78 Å². The van der Waals surface area contributed by atoms with Crippen LogP contribution < -0.4 is 0 Å². The Labute approximate surface area is 116 Å². The van der Waals surface area contributed by atoms with E-state index in [1.165, 1.54) is 0 Å². The van der Waals surface area contributed by atoms with Crippen LogP contribution in [0.15, 0.2) is 36.4 Å². The van der Waals surface area contributed by atoms with Gasteiger partial charge in [0.1, 0.15) is 0 Å². The molecule has 0 radical (unpaired) electrons. The highest BCUT2D eigenvalue weighted by Gasteiger charge is 2.25. The number of carbonyl (C=O) groups is 1. The third-order valence-electron chi connectivity index (χ3n) is 2.61. The first kappa shape index (κ1) is 16.9. The molecule has 100 valence electrons. The first-order valence-corrected chi connectivity index (χ1v) is 5.84. The van der Waals surface area contributed by atoms with Crippen LogP contribution in [0.5, 0.6) is 0 Å². The maximum absolute atomic E-state index is 12.1. The molecule has 2 nitrogen and oxygen atoms in total. The van der Waals surface area contributed by atoms with Gasteiger partial charge in [0, 0.05) is 12.0 Å². The van der Waals surface area contributed by atoms with E-state index >= 15 is 0 Å². The van der Waals surface area contributed by atoms with Crippen molar-refractivity contribution in [1.29, 1.82) is 0 Å². The van der Waals surface area contributed by atoms with Crippen molar-refractivity contribution in [1.82, 2.24) is 4.90 Å². The van der Waals surface area contributed by atoms with Crippen molar-refractivity contribution in [3.8, 4) is 0 Å². The standard InChI is InChI=1S/C15H21NO.ClH/c1-15(2,12-16(3)4)14(17)11-10-13-8-6-5-7-9-13;/h5-11H,12H2,1-4H3;1H/b11-10+;. The Bertz CT molecular complexity index is 396. The highest BCUT2D eigenvalue weighted by Crippen LogP contribution is 2.18. The van der Waals surface area contributed by atoms with Crippen LogP contribution in [0.2, 0.25) is 0 Å². The van der Waals surface area contributed by atoms with Crippen molar-refractivity contribution >= 4 is 24.3 Å². The average Bonchev–Trinajstić information content (AvgIpc) is 2.25. The summed E-state index contributed by atoms with van der Waals surface area (Å²) in [4.78, 5) is 14.1. The molecule has 0 aliphatic rings. The molecule has 0 saturated carbocycles. The molecule has 0 fully saturated rings. The molecule has 0 unspecified atom stereocenters. The van der Waals surface area contributed by atoms with Crippen LogP contribution in [0, 0.1) is 5.41 Å². The van der Waals surface area contributed by atoms with Crippen LogP contribution in [0.25, 0.3) is 6.08 Å². The van der Waals surface area contributed by atoms with Crippen molar-refractivity contribution in [2.24, 2.45) is 5.41 Å². The molecule has 18 heavy (non-hydrogen) atoms. The van der Waals surface area contributed by atoms with Crippen LogP contribution in [0.1, 0.15) is 19.4 Å². The van der Waals surface area contributed by atoms with Gasteiger partial charge in [-0.3, -0.25) is 4.79 Å². The maximum Gasteiger partial charge on any atom is 0.162 e. The van der Waals surface area contributed by atoms with E-state index in [0.717, 1.165) is 12.1 Å². The quantitative estimate of drug-likeness (QED) is 0.763. The van der Waals surface area contributed by atoms with Crippen molar-refractivity contribution in [3.63, 3.8) is 0 Å². The molecule has 0 aliphatic carbocycles. The van der Waals surface area contributed by atoms with Gasteiger partial charge in [-0.05, 0) is 25.7 Å². The Balaban J connectivity index is 0.00000289. The first-order chi connectivity index (χ1) is 7.92. The topological polar surface area (TPSA) is 20.3 Å². The predicted octanol–water partition coefficient (Wildman–Crippen LogP) is 3.28. The maximum atomic E-state index is 12.1. The number of carbonyl (C=O) groups excluding carboxylic acids is 1. The number of nitrogens with zero attached hydrogens (tertiary/aromatic N) is 1. The van der Waals surface area contributed by atoms with Crippen LogP contribution in [-0.2, 0) is 4.79 Å². The SMILES string of the molecule is CN(C)CC(C)(C)C(=O)/C=C/c1ccccc1.Cl. The van der Waals surface area contributed by atoms with Gasteiger partial charge in [-0.2, -0.15) is 0 Å². The van der Waals surface area contributed by atoms with E-state index in [2.05, 4.69) is 0 Å². The summed E-state index contributed by atoms with van der Waals surface area (Å²) in [7, 11) is 3.96. The highest BCUT2D eigenvalue weighted by atomic mass is 35.5. The molecule has 0 bridgehead atoms. The normalized spacial score (nSPS) is 11.6. The van der Waals surface area contributed by atoms with Gasteiger partial charge < -0.3 is 4.90 Å². The van der Waals surface area contributed by atoms with Gasteiger partial charge in [-0.15, -0.1) is 12.4 Å². The Kier molecular flexibility index (Phi) is 6.89. The third-order valence-corrected chi connectivity index (χ3v) is 2.61. The van der Waals surface area contributed by atoms with E-state index in [-0.39, 0.29) is 23.6 Å². The van der Waals surface area contributed by atoms with Crippen molar-refractivity contribution in [3.05, 3.63) is 42.0 Å². The molecule has 0 atom stereocenters. The number of benzene rings is 1. The Hall–Kier alpha value is -1.12. The van der Waals surface area contributed by atoms with Gasteiger partial charge in [0.05, 0.1) is 0 Å². The molecule has 0 spiro atoms. The summed E-state index contributed by atoms with van der Waals surface area (Å²) in [6, 6.07) is 9.88. The van der Waals surface area contributed by atoms with Gasteiger partial charge in [-0.1, -0.05) is 50.3 Å². The zero-order valence-electron chi connectivity index (χ0n) is 11.5. The van der Waals surface area contributed by atoms with Gasteiger partial charge in [-0.25, -0.2) is 0 Å². The van der Waals surface area contributed by atoms with E-state index in [4.69, 9.17) is 0 Å². The van der Waals surface area contributed by atoms with E-state index in [0.29, 0.717) is 0 Å². The molecular formula is C15H22ClNO. The summed E-state index contributed by atoms with van der Waals surface area (Å²) in [5.41, 5.74) is 0.718. The number of ketones is 1. The minimum Gasteiger partial charge on any atom is -0.308 e. The zero-order chi connectivity index (χ0) is 12.9. The largest absolute Gasteiger partial charge is 0.308 e. The van der Waals surface area contributed by atoms with Crippen LogP contribution >= 0.6 is 12.4 Å². The molecule has 3 heteroatoms. The number of rotatable bonds is 5. The molecule has 0 saturated heterocycles. The zero-order valence-corrected chi connectivity index (χ0v) is 12.3. The summed E-state index contributed by atoms with van der Waals surface area (Å²) >= 11 is 0. The molecule has 1 aromatic carbocycles. The molecule has 1 rings (SSSR count). The summed E-state index contributed by atoms with van der Waals surface area (Å²) in [6.07, 6.45) is 3.55. The fourth-order valence-corrected chi connectivity index (χ4v) is 1.83. The summed E-state index contributed by atoms with van der Waals surface area (Å²) in [6.45, 7) is 4.71. The Morgan fingerprint density at radius 3 is 2.28 bits per heavy atom. The molecule has 0 amide bonds. The van der Waals surface area contributed by atoms with Crippen molar-refractivity contribution < 1.29 is 4.79 Å². The first-order valence-electron chi connectivity index (χ1n) is 5.84. The molecule has 1 aromatic rings. The van der Waals surface area contributed by atoms with E-state index < -0.39 is 0 Å². The number of hydrogen-bond acceptors (Lipinski definition) is 2. The van der Waals surface area contributed by atoms with Crippen molar-refractivity contribution in [2.45, 2.75) is 13.8 Å². The second-order valence-electron chi connectivity index (χ2n) is 5.23. The number of allylic oxidation sites excluding steroid dienone is 1. The molecule has 0 heterocycles. The second kappa shape index (κ2) is 7.34. The highest BCUT2D eigenvalue weighted by molar-refractivity contribution is 5.97. The molecule has 0 aliphatic heterocycles. The monoisotopic (exact) mass is 267 g/mol. The average molecular weight is 268 g/mol. The fourth-order valence-electron chi connectivity index (χ4n) is 1.83.